The zero-order chi connectivity index (χ0) is 13.2. The lowest BCUT2D eigenvalue weighted by atomic mass is 10.1. The molecule has 0 aromatic heterocycles. The van der Waals surface area contributed by atoms with Gasteiger partial charge in [-0.25, -0.2) is 0 Å². The molecule has 0 aliphatic carbocycles. The molecule has 0 saturated heterocycles. The van der Waals surface area contributed by atoms with Crippen LogP contribution >= 0.6 is 0 Å². The average molecular weight is 256 g/mol. The van der Waals surface area contributed by atoms with Crippen LogP contribution in [0.4, 0.5) is 11.4 Å². The van der Waals surface area contributed by atoms with Gasteiger partial charge in [0.25, 0.3) is 0 Å². The number of ether oxygens (including phenoxy) is 1. The van der Waals surface area contributed by atoms with Crippen LogP contribution in [0.3, 0.4) is 0 Å². The standard InChI is InChI=1S/C15H15NO3/c17-13-6-2-1-5-11(13)16-12-9-15-10(8-14(12)18)4-3-7-19-15/h1-2,5-6,8-9,16-18H,3-4,7H2/p-1. The minimum atomic E-state index is -0.111. The topological polar surface area (TPSA) is 64.5 Å². The van der Waals surface area contributed by atoms with Crippen molar-refractivity contribution < 1.29 is 14.9 Å². The van der Waals surface area contributed by atoms with E-state index < -0.39 is 0 Å². The molecule has 0 atom stereocenters. The van der Waals surface area contributed by atoms with Gasteiger partial charge in [-0.15, -0.1) is 0 Å². The predicted octanol–water partition coefficient (Wildman–Crippen LogP) is 2.53. The summed E-state index contributed by atoms with van der Waals surface area (Å²) in [7, 11) is 0. The minimum absolute atomic E-state index is 0.111. The van der Waals surface area contributed by atoms with Crippen LogP contribution in [0.5, 0.6) is 17.2 Å². The highest BCUT2D eigenvalue weighted by Gasteiger charge is 2.14. The van der Waals surface area contributed by atoms with Gasteiger partial charge in [-0.3, -0.25) is 0 Å². The van der Waals surface area contributed by atoms with Crippen molar-refractivity contribution in [3.05, 3.63) is 42.0 Å². The van der Waals surface area contributed by atoms with Gasteiger partial charge in [0.05, 0.1) is 12.3 Å². The Kier molecular flexibility index (Phi) is 2.91. The number of aryl methyl sites for hydroxylation is 1. The summed E-state index contributed by atoms with van der Waals surface area (Å²) >= 11 is 0. The van der Waals surface area contributed by atoms with Gasteiger partial charge in [0.15, 0.2) is 0 Å². The van der Waals surface area contributed by atoms with E-state index in [0.29, 0.717) is 18.0 Å². The fraction of sp³-hybridized carbons (Fsp3) is 0.200. The molecule has 0 saturated carbocycles. The molecule has 0 fully saturated rings. The van der Waals surface area contributed by atoms with Crippen LogP contribution in [0.2, 0.25) is 0 Å². The zero-order valence-corrected chi connectivity index (χ0v) is 10.3. The van der Waals surface area contributed by atoms with Crippen LogP contribution in [0.25, 0.3) is 0 Å². The predicted molar refractivity (Wildman–Crippen MR) is 71.1 cm³/mol. The number of aromatic hydroxyl groups is 1. The maximum absolute atomic E-state index is 11.6. The summed E-state index contributed by atoms with van der Waals surface area (Å²) in [4.78, 5) is 0. The van der Waals surface area contributed by atoms with Crippen molar-refractivity contribution in [2.45, 2.75) is 12.8 Å². The van der Waals surface area contributed by atoms with Crippen molar-refractivity contribution in [2.24, 2.45) is 0 Å². The Morgan fingerprint density at radius 1 is 1.16 bits per heavy atom. The summed E-state index contributed by atoms with van der Waals surface area (Å²) in [6, 6.07) is 10.1. The SMILES string of the molecule is [O-]c1ccccc1Nc1cc2c(cc1O)CCCO2. The number of para-hydroxylation sites is 2. The molecule has 4 heteroatoms. The molecule has 3 rings (SSSR count). The summed E-state index contributed by atoms with van der Waals surface area (Å²) in [5.74, 6) is 0.794. The molecule has 98 valence electrons. The van der Waals surface area contributed by atoms with Crippen molar-refractivity contribution in [2.75, 3.05) is 11.9 Å². The normalized spacial score (nSPS) is 13.5. The Morgan fingerprint density at radius 2 is 2.00 bits per heavy atom. The number of phenolic OH excluding ortho intramolecular Hbond substituents is 1. The number of benzene rings is 2. The fourth-order valence-corrected chi connectivity index (χ4v) is 2.20. The number of hydrogen-bond acceptors (Lipinski definition) is 4. The molecule has 1 heterocycles. The van der Waals surface area contributed by atoms with Gasteiger partial charge in [-0.05, 0) is 30.5 Å². The smallest absolute Gasteiger partial charge is 0.139 e. The van der Waals surface area contributed by atoms with Crippen molar-refractivity contribution in [3.63, 3.8) is 0 Å². The summed E-state index contributed by atoms with van der Waals surface area (Å²) in [5, 5.41) is 24.6. The summed E-state index contributed by atoms with van der Waals surface area (Å²) in [6.07, 6.45) is 1.87. The van der Waals surface area contributed by atoms with E-state index in [4.69, 9.17) is 4.74 Å². The third-order valence-electron chi connectivity index (χ3n) is 3.18. The van der Waals surface area contributed by atoms with E-state index in [0.717, 1.165) is 24.2 Å². The molecule has 2 aromatic carbocycles. The average Bonchev–Trinajstić information content (AvgIpc) is 2.42. The first-order valence-corrected chi connectivity index (χ1v) is 6.26. The molecule has 4 nitrogen and oxygen atoms in total. The van der Waals surface area contributed by atoms with Gasteiger partial charge in [0, 0.05) is 11.8 Å². The van der Waals surface area contributed by atoms with E-state index in [1.165, 1.54) is 6.07 Å². The second kappa shape index (κ2) is 4.72. The van der Waals surface area contributed by atoms with Crippen LogP contribution in [0, 0.1) is 0 Å². The van der Waals surface area contributed by atoms with E-state index in [1.54, 1.807) is 30.3 Å². The number of anilines is 2. The highest BCUT2D eigenvalue weighted by atomic mass is 16.5. The highest BCUT2D eigenvalue weighted by Crippen LogP contribution is 2.37. The number of fused-ring (bicyclic) bond motifs is 1. The van der Waals surface area contributed by atoms with Crippen LogP contribution in [-0.4, -0.2) is 11.7 Å². The maximum Gasteiger partial charge on any atom is 0.139 e. The quantitative estimate of drug-likeness (QED) is 0.810. The summed E-state index contributed by atoms with van der Waals surface area (Å²) in [5.41, 5.74) is 1.93. The monoisotopic (exact) mass is 256 g/mol. The Morgan fingerprint density at radius 3 is 2.84 bits per heavy atom. The van der Waals surface area contributed by atoms with Gasteiger partial charge in [0.2, 0.25) is 0 Å². The van der Waals surface area contributed by atoms with Crippen LogP contribution < -0.4 is 15.2 Å². The van der Waals surface area contributed by atoms with Gasteiger partial charge in [-0.1, -0.05) is 23.9 Å². The molecular formula is C15H14NO3-. The molecular weight excluding hydrogens is 242 g/mol. The van der Waals surface area contributed by atoms with Crippen molar-refractivity contribution in [1.82, 2.24) is 0 Å². The van der Waals surface area contributed by atoms with Crippen molar-refractivity contribution in [1.29, 1.82) is 0 Å². The largest absolute Gasteiger partial charge is 0.871 e. The van der Waals surface area contributed by atoms with E-state index in [2.05, 4.69) is 5.32 Å². The Balaban J connectivity index is 1.95. The molecule has 19 heavy (non-hydrogen) atoms. The molecule has 1 aliphatic rings. The second-order valence-corrected chi connectivity index (χ2v) is 4.55. The minimum Gasteiger partial charge on any atom is -0.871 e. The fourth-order valence-electron chi connectivity index (χ4n) is 2.20. The van der Waals surface area contributed by atoms with E-state index in [1.807, 2.05) is 0 Å². The number of nitrogens with one attached hydrogen (secondary N) is 1. The molecule has 2 aromatic rings. The van der Waals surface area contributed by atoms with Gasteiger partial charge < -0.3 is 20.3 Å². The van der Waals surface area contributed by atoms with Crippen LogP contribution in [0.1, 0.15) is 12.0 Å². The lowest BCUT2D eigenvalue weighted by Crippen LogP contribution is -2.08. The highest BCUT2D eigenvalue weighted by molar-refractivity contribution is 5.72. The van der Waals surface area contributed by atoms with Crippen LogP contribution in [-0.2, 0) is 6.42 Å². The van der Waals surface area contributed by atoms with Crippen molar-refractivity contribution in [3.8, 4) is 17.2 Å². The van der Waals surface area contributed by atoms with E-state index in [9.17, 15) is 10.2 Å². The van der Waals surface area contributed by atoms with Gasteiger partial charge >= 0.3 is 0 Å². The zero-order valence-electron chi connectivity index (χ0n) is 10.3. The maximum atomic E-state index is 11.6. The molecule has 0 spiro atoms. The Hall–Kier alpha value is -2.36. The molecule has 0 radical (unpaired) electrons. The Labute approximate surface area is 111 Å². The molecule has 2 N–H and O–H groups in total. The first kappa shape index (κ1) is 11.7. The number of phenols is 1. The molecule has 0 unspecified atom stereocenters. The van der Waals surface area contributed by atoms with E-state index in [-0.39, 0.29) is 11.5 Å². The molecule has 0 bridgehead atoms. The third-order valence-corrected chi connectivity index (χ3v) is 3.18. The first-order chi connectivity index (χ1) is 9.24. The summed E-state index contributed by atoms with van der Waals surface area (Å²) < 4.78 is 5.56. The number of hydrogen-bond donors (Lipinski definition) is 2. The lowest BCUT2D eigenvalue weighted by molar-refractivity contribution is -0.267. The number of rotatable bonds is 2. The molecule has 1 aliphatic heterocycles. The lowest BCUT2D eigenvalue weighted by Gasteiger charge is -2.21. The van der Waals surface area contributed by atoms with Gasteiger partial charge in [0.1, 0.15) is 11.5 Å². The van der Waals surface area contributed by atoms with E-state index >= 15 is 0 Å². The van der Waals surface area contributed by atoms with Gasteiger partial charge in [-0.2, -0.15) is 0 Å². The Bertz CT molecular complexity index is 610. The van der Waals surface area contributed by atoms with Crippen LogP contribution in [0.15, 0.2) is 36.4 Å². The third kappa shape index (κ3) is 2.29. The van der Waals surface area contributed by atoms with Crippen molar-refractivity contribution >= 4 is 11.4 Å². The second-order valence-electron chi connectivity index (χ2n) is 4.55. The summed E-state index contributed by atoms with van der Waals surface area (Å²) in [6.45, 7) is 0.690. The molecule has 0 amide bonds. The first-order valence-electron chi connectivity index (χ1n) is 6.26.